The van der Waals surface area contributed by atoms with E-state index in [0.717, 1.165) is 36.3 Å². The van der Waals surface area contributed by atoms with Crippen LogP contribution in [0.2, 0.25) is 10.0 Å². The van der Waals surface area contributed by atoms with Gasteiger partial charge >= 0.3 is 0 Å². The molecule has 1 saturated heterocycles. The number of nitrogens with one attached hydrogen (secondary N) is 1. The van der Waals surface area contributed by atoms with Crippen LogP contribution in [-0.2, 0) is 11.2 Å². The number of fused-ring (bicyclic) bond motifs is 1. The molecule has 2 aromatic carbocycles. The number of amides is 1. The Kier molecular flexibility index (Phi) is 7.69. The molecule has 2 aliphatic rings. The molecule has 0 saturated carbocycles. The Balaban J connectivity index is 1.40. The Hall–Kier alpha value is -3.07. The molecular weight excluding hydrogens is 513 g/mol. The van der Waals surface area contributed by atoms with Gasteiger partial charge in [0.05, 0.1) is 43.4 Å². The van der Waals surface area contributed by atoms with E-state index in [2.05, 4.69) is 27.3 Å². The highest BCUT2D eigenvalue weighted by atomic mass is 35.5. The average Bonchev–Trinajstić information content (AvgIpc) is 2.94. The summed E-state index contributed by atoms with van der Waals surface area (Å²) in [4.78, 5) is 17.0. The highest BCUT2D eigenvalue weighted by molar-refractivity contribution is 6.33. The van der Waals surface area contributed by atoms with Crippen LogP contribution in [0.1, 0.15) is 41.0 Å². The second-order valence-corrected chi connectivity index (χ2v) is 9.99. The lowest BCUT2D eigenvalue weighted by atomic mass is 10.0. The van der Waals surface area contributed by atoms with Crippen molar-refractivity contribution in [2.24, 2.45) is 0 Å². The second kappa shape index (κ2) is 11.1. The van der Waals surface area contributed by atoms with Crippen LogP contribution < -0.4 is 15.0 Å². The molecule has 5 rings (SSSR count). The van der Waals surface area contributed by atoms with Gasteiger partial charge in [-0.2, -0.15) is 5.10 Å². The van der Waals surface area contributed by atoms with Crippen LogP contribution in [0.4, 0.5) is 17.2 Å². The first-order valence-electron chi connectivity index (χ1n) is 12.3. The van der Waals surface area contributed by atoms with Crippen molar-refractivity contribution in [1.29, 1.82) is 0 Å². The Labute approximate surface area is 226 Å². The topological polar surface area (TPSA) is 79.8 Å². The van der Waals surface area contributed by atoms with Crippen molar-refractivity contribution in [3.05, 3.63) is 69.3 Å². The number of hydrogen-bond donors (Lipinski definition) is 1. The maximum atomic E-state index is 12.9. The number of nitrogens with zero attached hydrogens (tertiary/aromatic N) is 4. The van der Waals surface area contributed by atoms with E-state index in [4.69, 9.17) is 32.7 Å². The van der Waals surface area contributed by atoms with Crippen molar-refractivity contribution in [3.8, 4) is 5.75 Å². The summed E-state index contributed by atoms with van der Waals surface area (Å²) in [6.07, 6.45) is 1.83. The fourth-order valence-electron chi connectivity index (χ4n) is 4.85. The number of aromatic nitrogens is 2. The number of carbonyl (C=O) groups is 1. The van der Waals surface area contributed by atoms with Crippen LogP contribution >= 0.6 is 23.2 Å². The largest absolute Gasteiger partial charge is 0.495 e. The van der Waals surface area contributed by atoms with Crippen molar-refractivity contribution >= 4 is 46.3 Å². The summed E-state index contributed by atoms with van der Waals surface area (Å²) in [6.45, 7) is 5.26. The molecule has 194 valence electrons. The zero-order valence-electron chi connectivity index (χ0n) is 20.8. The van der Waals surface area contributed by atoms with Gasteiger partial charge < -0.3 is 24.6 Å². The van der Waals surface area contributed by atoms with Gasteiger partial charge in [0, 0.05) is 41.3 Å². The third kappa shape index (κ3) is 5.46. The van der Waals surface area contributed by atoms with E-state index in [1.807, 2.05) is 24.3 Å². The summed E-state index contributed by atoms with van der Waals surface area (Å²) in [7, 11) is 1.58. The molecule has 3 aromatic rings. The molecule has 1 amide bonds. The molecule has 37 heavy (non-hydrogen) atoms. The van der Waals surface area contributed by atoms with Crippen LogP contribution in [0.15, 0.2) is 42.5 Å². The molecule has 1 fully saturated rings. The predicted octanol–water partition coefficient (Wildman–Crippen LogP) is 5.52. The minimum Gasteiger partial charge on any atom is -0.495 e. The molecular formula is C27H29Cl2N5O3. The number of hydrogen-bond acceptors (Lipinski definition) is 7. The molecule has 10 heteroatoms. The maximum Gasteiger partial charge on any atom is 0.254 e. The van der Waals surface area contributed by atoms with Crippen LogP contribution in [0.5, 0.6) is 5.75 Å². The highest BCUT2D eigenvalue weighted by Crippen LogP contribution is 2.38. The van der Waals surface area contributed by atoms with Crippen LogP contribution in [-0.4, -0.2) is 61.0 Å². The number of rotatable bonds is 6. The van der Waals surface area contributed by atoms with Gasteiger partial charge in [-0.3, -0.25) is 4.79 Å². The highest BCUT2D eigenvalue weighted by Gasteiger charge is 2.26. The van der Waals surface area contributed by atoms with E-state index in [1.165, 1.54) is 0 Å². The first-order chi connectivity index (χ1) is 17.9. The van der Waals surface area contributed by atoms with Crippen molar-refractivity contribution < 1.29 is 14.3 Å². The van der Waals surface area contributed by atoms with Gasteiger partial charge in [-0.25, -0.2) is 0 Å². The van der Waals surface area contributed by atoms with Gasteiger partial charge in [-0.1, -0.05) is 23.2 Å². The van der Waals surface area contributed by atoms with Gasteiger partial charge in [-0.15, -0.1) is 5.10 Å². The maximum absolute atomic E-state index is 12.9. The van der Waals surface area contributed by atoms with Crippen molar-refractivity contribution in [2.75, 3.05) is 50.2 Å². The quantitative estimate of drug-likeness (QED) is 0.439. The third-order valence-electron chi connectivity index (χ3n) is 6.85. The van der Waals surface area contributed by atoms with E-state index in [-0.39, 0.29) is 11.9 Å². The van der Waals surface area contributed by atoms with E-state index in [0.29, 0.717) is 59.2 Å². The molecule has 0 radical (unpaired) electrons. The number of halogens is 2. The van der Waals surface area contributed by atoms with Crippen molar-refractivity contribution in [3.63, 3.8) is 0 Å². The van der Waals surface area contributed by atoms with E-state index in [1.54, 1.807) is 30.2 Å². The van der Waals surface area contributed by atoms with Gasteiger partial charge in [-0.05, 0) is 61.7 Å². The van der Waals surface area contributed by atoms with Crippen LogP contribution in [0.25, 0.3) is 0 Å². The lowest BCUT2D eigenvalue weighted by Crippen LogP contribution is -2.40. The van der Waals surface area contributed by atoms with Gasteiger partial charge in [0.15, 0.2) is 5.82 Å². The number of benzene rings is 2. The van der Waals surface area contributed by atoms with E-state index >= 15 is 0 Å². The molecule has 2 aliphatic heterocycles. The average molecular weight is 542 g/mol. The lowest BCUT2D eigenvalue weighted by Gasteiger charge is -2.36. The van der Waals surface area contributed by atoms with Gasteiger partial charge in [0.2, 0.25) is 0 Å². The lowest BCUT2D eigenvalue weighted by molar-refractivity contribution is 0.0302. The van der Waals surface area contributed by atoms with Crippen LogP contribution in [0.3, 0.4) is 0 Å². The summed E-state index contributed by atoms with van der Waals surface area (Å²) >= 11 is 12.8. The minimum absolute atomic E-state index is 0.00215. The fraction of sp³-hybridized carbons (Fsp3) is 0.370. The summed E-state index contributed by atoms with van der Waals surface area (Å²) in [6, 6.07) is 12.9. The Bertz CT molecular complexity index is 1300. The number of ether oxygens (including phenoxy) is 2. The van der Waals surface area contributed by atoms with Gasteiger partial charge in [0.1, 0.15) is 5.75 Å². The van der Waals surface area contributed by atoms with E-state index < -0.39 is 0 Å². The molecule has 0 aliphatic carbocycles. The Morgan fingerprint density at radius 2 is 1.89 bits per heavy atom. The molecule has 1 aromatic heterocycles. The minimum atomic E-state index is -0.0361. The molecule has 1 atom stereocenters. The SMILES string of the molecule is COc1cc(C(=O)N2CCOCC2)ccc1Nc1cc2c(nn1)CCCN2[C@H](C)c1cc(Cl)ccc1Cl. The monoisotopic (exact) mass is 541 g/mol. The predicted molar refractivity (Wildman–Crippen MR) is 146 cm³/mol. The molecule has 0 bridgehead atoms. The molecule has 0 spiro atoms. The smallest absolute Gasteiger partial charge is 0.254 e. The number of anilines is 3. The number of methoxy groups -OCH3 is 1. The van der Waals surface area contributed by atoms with E-state index in [9.17, 15) is 4.79 Å². The Morgan fingerprint density at radius 1 is 1.08 bits per heavy atom. The van der Waals surface area contributed by atoms with Crippen molar-refractivity contribution in [1.82, 2.24) is 15.1 Å². The zero-order valence-corrected chi connectivity index (χ0v) is 22.3. The summed E-state index contributed by atoms with van der Waals surface area (Å²) in [5.74, 6) is 1.10. The number of aryl methyl sites for hydroxylation is 1. The van der Waals surface area contributed by atoms with Crippen molar-refractivity contribution in [2.45, 2.75) is 25.8 Å². The summed E-state index contributed by atoms with van der Waals surface area (Å²) in [5, 5.41) is 13.6. The Morgan fingerprint density at radius 3 is 2.68 bits per heavy atom. The molecule has 0 unspecified atom stereocenters. The normalized spacial score (nSPS) is 16.2. The fourth-order valence-corrected chi connectivity index (χ4v) is 5.31. The standard InChI is InChI=1S/C27H29Cl2N5O3/c1-17(20-15-19(28)6-7-21(20)29)34-9-3-4-22-24(34)16-26(32-31-22)30-23-8-5-18(14-25(23)36-2)27(35)33-10-12-37-13-11-33/h5-8,14-17H,3-4,9-13H2,1-2H3,(H,30,32)/t17-/m1/s1. The number of carbonyl (C=O) groups excluding carboxylic acids is 1. The molecule has 1 N–H and O–H groups in total. The third-order valence-corrected chi connectivity index (χ3v) is 7.43. The second-order valence-electron chi connectivity index (χ2n) is 9.14. The van der Waals surface area contributed by atoms with Crippen LogP contribution in [0, 0.1) is 0 Å². The first-order valence-corrected chi connectivity index (χ1v) is 13.1. The summed E-state index contributed by atoms with van der Waals surface area (Å²) in [5.41, 5.74) is 4.18. The number of morpholine rings is 1. The molecule has 3 heterocycles. The zero-order chi connectivity index (χ0) is 25.9. The first kappa shape index (κ1) is 25.6. The van der Waals surface area contributed by atoms with Gasteiger partial charge in [0.25, 0.3) is 5.91 Å². The summed E-state index contributed by atoms with van der Waals surface area (Å²) < 4.78 is 11.0. The molecule has 8 nitrogen and oxygen atoms in total.